The first-order valence-electron chi connectivity index (χ1n) is 26.4. The number of piperazine rings is 1. The number of fused-ring (bicyclic) bond motifs is 2. The van der Waals surface area contributed by atoms with Gasteiger partial charge < -0.3 is 34.8 Å². The zero-order chi connectivity index (χ0) is 61.1. The molecule has 0 aliphatic carbocycles. The van der Waals surface area contributed by atoms with Gasteiger partial charge in [0.1, 0.15) is 28.8 Å². The molecule has 19 heteroatoms. The van der Waals surface area contributed by atoms with Crippen LogP contribution in [-0.4, -0.2) is 67.4 Å². The van der Waals surface area contributed by atoms with Crippen molar-refractivity contribution in [3.05, 3.63) is 209 Å². The highest BCUT2D eigenvalue weighted by Crippen LogP contribution is 2.52. The molecule has 0 atom stereocenters. The van der Waals surface area contributed by atoms with Gasteiger partial charge in [-0.05, 0) is 143 Å². The fourth-order valence-corrected chi connectivity index (χ4v) is 10.2. The van der Waals surface area contributed by atoms with Gasteiger partial charge in [0.25, 0.3) is 0 Å². The summed E-state index contributed by atoms with van der Waals surface area (Å²) in [7, 11) is 2.82. The Balaban J connectivity index is 0.000000204. The van der Waals surface area contributed by atoms with Crippen molar-refractivity contribution in [2.75, 3.05) is 50.6 Å². The predicted molar refractivity (Wildman–Crippen MR) is 312 cm³/mol. The number of aryl methyl sites for hydroxylation is 3. The Morgan fingerprint density at radius 2 is 1.12 bits per heavy atom. The number of aliphatic imine (C=N–C) groups is 1. The summed E-state index contributed by atoms with van der Waals surface area (Å²) in [6.45, 7) is 6.76. The van der Waals surface area contributed by atoms with Gasteiger partial charge in [-0.25, -0.2) is 14.2 Å². The number of nitrogens with zero attached hydrogens (tertiary/aromatic N) is 3. The first kappa shape index (κ1) is 60.1. The van der Waals surface area contributed by atoms with Crippen molar-refractivity contribution >= 4 is 56.6 Å². The Morgan fingerprint density at radius 3 is 1.64 bits per heavy atom. The SMILES string of the molecule is COC(=O)/C=C/c1cccc(F)c1N=C(Nc1cc(C(F)(F)F)ccc1C)N1CCN(c2cccc(OC)c2)CC1.Cc1cc(-c2cc3ccccc3c(-c3c(O)c(-c4cc(C)cc(C(F)(F)F)c4)cc4ccccc34)c2O)cc(C(F)(F)F)c1. The topological polar surface area (TPSA) is 107 Å². The summed E-state index contributed by atoms with van der Waals surface area (Å²) in [4.78, 5) is 20.2. The molecule has 1 saturated heterocycles. The maximum atomic E-state index is 15.1. The van der Waals surface area contributed by atoms with E-state index in [-0.39, 0.29) is 62.2 Å². The number of para-hydroxylation sites is 1. The molecule has 9 nitrogen and oxygen atoms in total. The second-order valence-electron chi connectivity index (χ2n) is 20.2. The first-order valence-corrected chi connectivity index (χ1v) is 26.4. The summed E-state index contributed by atoms with van der Waals surface area (Å²) in [5.41, 5.74) is 0.775. The van der Waals surface area contributed by atoms with Crippen LogP contribution in [0.25, 0.3) is 61.0 Å². The summed E-state index contributed by atoms with van der Waals surface area (Å²) in [5, 5.41) is 28.9. The van der Waals surface area contributed by atoms with E-state index in [1.807, 2.05) is 29.2 Å². The van der Waals surface area contributed by atoms with E-state index in [0.717, 1.165) is 53.9 Å². The third kappa shape index (κ3) is 13.5. The standard InChI is InChI=1S/C36H24F6O2.C30H30F4N4O3/c1-19-11-23(15-25(13-19)35(37,38)39)29-17-21-7-3-5-9-27(21)31(33(29)43)32-28-10-6-4-8-22(28)18-30(34(32)44)24-12-20(2)14-26(16-24)36(40,41)42;1-20-10-12-22(30(32,33)34)18-26(20)35-29(36-28-21(6-4-9-25(28)31)11-13-27(39)41-3)38-16-14-37(15-17-38)23-7-5-8-24(19-23)40-2/h3-18,43-44H,1-2H3;4-13,18-19H,14-17H2,1-3H3,(H,35,36)/b;13-11+. The van der Waals surface area contributed by atoms with E-state index in [0.29, 0.717) is 70.0 Å². The van der Waals surface area contributed by atoms with E-state index in [4.69, 9.17) is 4.74 Å². The van der Waals surface area contributed by atoms with E-state index >= 15 is 4.39 Å². The molecule has 0 bridgehead atoms. The van der Waals surface area contributed by atoms with E-state index < -0.39 is 47.0 Å². The third-order valence-corrected chi connectivity index (χ3v) is 14.4. The molecule has 9 aromatic rings. The van der Waals surface area contributed by atoms with Crippen molar-refractivity contribution in [1.29, 1.82) is 0 Å². The Kier molecular flexibility index (Phi) is 17.2. The van der Waals surface area contributed by atoms with Crippen LogP contribution in [0.2, 0.25) is 0 Å². The molecule has 10 rings (SSSR count). The lowest BCUT2D eigenvalue weighted by Gasteiger charge is -2.38. The van der Waals surface area contributed by atoms with Crippen molar-refractivity contribution in [1.82, 2.24) is 4.90 Å². The van der Waals surface area contributed by atoms with Crippen molar-refractivity contribution in [3.63, 3.8) is 0 Å². The summed E-state index contributed by atoms with van der Waals surface area (Å²) in [6, 6.07) is 39.3. The minimum absolute atomic E-state index is 0.0741. The lowest BCUT2D eigenvalue weighted by molar-refractivity contribution is -0.138. The average molecular weight is 1170 g/mol. The number of hydrogen-bond acceptors (Lipinski definition) is 7. The second kappa shape index (κ2) is 24.4. The van der Waals surface area contributed by atoms with Gasteiger partial charge in [0.2, 0.25) is 5.96 Å². The van der Waals surface area contributed by atoms with Gasteiger partial charge in [0.05, 0.1) is 30.9 Å². The van der Waals surface area contributed by atoms with Gasteiger partial charge in [-0.3, -0.25) is 0 Å². The minimum Gasteiger partial charge on any atom is -0.507 e. The zero-order valence-corrected chi connectivity index (χ0v) is 46.2. The molecular formula is C66H54F10N4O5. The molecular weight excluding hydrogens is 1120 g/mol. The van der Waals surface area contributed by atoms with E-state index in [1.165, 1.54) is 57.4 Å². The van der Waals surface area contributed by atoms with Crippen molar-refractivity contribution < 1.29 is 68.4 Å². The highest BCUT2D eigenvalue weighted by Gasteiger charge is 2.34. The number of carbonyl (C=O) groups is 1. The number of aromatic hydroxyl groups is 2. The lowest BCUT2D eigenvalue weighted by Crippen LogP contribution is -2.50. The molecule has 1 aliphatic rings. The van der Waals surface area contributed by atoms with Crippen LogP contribution >= 0.6 is 0 Å². The number of rotatable bonds is 9. The quantitative estimate of drug-likeness (QED) is 0.0431. The number of alkyl halides is 9. The van der Waals surface area contributed by atoms with Crippen molar-refractivity contribution in [3.8, 4) is 50.6 Å². The molecule has 0 unspecified atom stereocenters. The molecule has 3 N–H and O–H groups in total. The zero-order valence-electron chi connectivity index (χ0n) is 46.2. The van der Waals surface area contributed by atoms with Crippen LogP contribution in [0.5, 0.6) is 17.2 Å². The minimum atomic E-state index is -4.62. The third-order valence-electron chi connectivity index (χ3n) is 14.4. The summed E-state index contributed by atoms with van der Waals surface area (Å²) in [5.74, 6) is -1.14. The Morgan fingerprint density at radius 1 is 0.588 bits per heavy atom. The Hall–Kier alpha value is -9.52. The summed E-state index contributed by atoms with van der Waals surface area (Å²) >= 11 is 0. The van der Waals surface area contributed by atoms with Crippen LogP contribution in [0.1, 0.15) is 38.9 Å². The predicted octanol–water partition coefficient (Wildman–Crippen LogP) is 17.3. The number of halogens is 10. The fraction of sp³-hybridized carbons (Fsp3) is 0.182. The van der Waals surface area contributed by atoms with E-state index in [2.05, 4.69) is 19.9 Å². The average Bonchev–Trinajstić information content (AvgIpc) is 0.896. The smallest absolute Gasteiger partial charge is 0.416 e. The first-order chi connectivity index (χ1) is 40.3. The number of carbonyl (C=O) groups excluding carboxylic acids is 1. The van der Waals surface area contributed by atoms with Crippen molar-refractivity contribution in [2.24, 2.45) is 4.99 Å². The maximum absolute atomic E-state index is 15.1. The number of phenolic OH excluding ortho intramolecular Hbond substituents is 2. The molecule has 0 spiro atoms. The van der Waals surface area contributed by atoms with E-state index in [1.54, 1.807) is 80.8 Å². The van der Waals surface area contributed by atoms with Gasteiger partial charge in [-0.15, -0.1) is 0 Å². The normalized spacial score (nSPS) is 13.3. The van der Waals surface area contributed by atoms with Gasteiger partial charge in [-0.2, -0.15) is 39.5 Å². The number of methoxy groups -OCH3 is 2. The van der Waals surface area contributed by atoms with Crippen LogP contribution in [0.4, 0.5) is 61.0 Å². The second-order valence-corrected chi connectivity index (χ2v) is 20.2. The van der Waals surface area contributed by atoms with Gasteiger partial charge in [0.15, 0.2) is 0 Å². The summed E-state index contributed by atoms with van der Waals surface area (Å²) in [6.07, 6.45) is -11.3. The number of esters is 1. The van der Waals surface area contributed by atoms with Crippen LogP contribution in [-0.2, 0) is 28.1 Å². The molecule has 0 aromatic heterocycles. The number of benzene rings is 9. The molecule has 438 valence electrons. The molecule has 0 radical (unpaired) electrons. The lowest BCUT2D eigenvalue weighted by atomic mass is 9.86. The van der Waals surface area contributed by atoms with Crippen LogP contribution < -0.4 is 15.0 Å². The van der Waals surface area contributed by atoms with Crippen molar-refractivity contribution in [2.45, 2.75) is 39.3 Å². The van der Waals surface area contributed by atoms with Gasteiger partial charge in [0, 0.05) is 77.5 Å². The van der Waals surface area contributed by atoms with Gasteiger partial charge >= 0.3 is 24.5 Å². The number of ether oxygens (including phenoxy) is 2. The molecule has 1 heterocycles. The maximum Gasteiger partial charge on any atom is 0.416 e. The number of guanidine groups is 1. The fourth-order valence-electron chi connectivity index (χ4n) is 10.2. The highest BCUT2D eigenvalue weighted by atomic mass is 19.4. The van der Waals surface area contributed by atoms with Crippen LogP contribution in [0.15, 0.2) is 169 Å². The van der Waals surface area contributed by atoms with Crippen LogP contribution in [0.3, 0.4) is 0 Å². The molecule has 0 saturated carbocycles. The molecule has 85 heavy (non-hydrogen) atoms. The number of phenols is 2. The number of nitrogens with one attached hydrogen (secondary N) is 1. The van der Waals surface area contributed by atoms with Gasteiger partial charge in [-0.1, -0.05) is 84.9 Å². The van der Waals surface area contributed by atoms with Crippen LogP contribution in [0, 0.1) is 26.6 Å². The monoisotopic (exact) mass is 1170 g/mol. The van der Waals surface area contributed by atoms with E-state index in [9.17, 15) is 54.5 Å². The Labute approximate surface area is 482 Å². The molecule has 9 aromatic carbocycles. The largest absolute Gasteiger partial charge is 0.507 e. The molecule has 0 amide bonds. The number of hydrogen-bond donors (Lipinski definition) is 3. The number of anilines is 2. The summed E-state index contributed by atoms with van der Waals surface area (Å²) < 4.78 is 148. The highest BCUT2D eigenvalue weighted by molar-refractivity contribution is 6.14. The Bertz CT molecular complexity index is 3900. The molecule has 1 fully saturated rings. The molecule has 1 aliphatic heterocycles.